The van der Waals surface area contributed by atoms with Gasteiger partial charge in [0, 0.05) is 0 Å². The number of rotatable bonds is 4. The highest BCUT2D eigenvalue weighted by molar-refractivity contribution is 5.98. The Bertz CT molecular complexity index is 557. The lowest BCUT2D eigenvalue weighted by Crippen LogP contribution is -2.06. The number of ether oxygens (including phenoxy) is 2. The first-order chi connectivity index (χ1) is 9.03. The van der Waals surface area contributed by atoms with E-state index in [4.69, 9.17) is 14.7 Å². The smallest absolute Gasteiger partial charge is 0.348 e. The van der Waals surface area contributed by atoms with Crippen LogP contribution in [0.5, 0.6) is 17.2 Å². The van der Waals surface area contributed by atoms with Gasteiger partial charge in [-0.3, -0.25) is 0 Å². The maximum absolute atomic E-state index is 11.4. The molecule has 0 saturated heterocycles. The Labute approximate surface area is 110 Å². The van der Waals surface area contributed by atoms with E-state index >= 15 is 0 Å². The van der Waals surface area contributed by atoms with Crippen molar-refractivity contribution in [2.75, 3.05) is 13.7 Å². The zero-order valence-corrected chi connectivity index (χ0v) is 10.5. The molecule has 0 amide bonds. The predicted octanol–water partition coefficient (Wildman–Crippen LogP) is 1.58. The summed E-state index contributed by atoms with van der Waals surface area (Å²) in [7, 11) is 1.32. The van der Waals surface area contributed by atoms with E-state index in [9.17, 15) is 15.0 Å². The fourth-order valence-corrected chi connectivity index (χ4v) is 1.37. The highest BCUT2D eigenvalue weighted by atomic mass is 16.5. The Morgan fingerprint density at radius 3 is 2.68 bits per heavy atom. The second kappa shape index (κ2) is 6.31. The van der Waals surface area contributed by atoms with Gasteiger partial charge in [0.05, 0.1) is 13.7 Å². The number of esters is 1. The second-order valence-electron chi connectivity index (χ2n) is 3.48. The predicted molar refractivity (Wildman–Crippen MR) is 66.5 cm³/mol. The molecule has 0 spiro atoms. The molecule has 6 nitrogen and oxygen atoms in total. The number of phenolic OH excluding ortho intramolecular Hbond substituents is 2. The molecule has 0 aliphatic rings. The van der Waals surface area contributed by atoms with Gasteiger partial charge in [-0.15, -0.1) is 0 Å². The van der Waals surface area contributed by atoms with Crippen molar-refractivity contribution in [2.24, 2.45) is 0 Å². The number of hydrogen-bond acceptors (Lipinski definition) is 6. The van der Waals surface area contributed by atoms with Crippen LogP contribution in [0.25, 0.3) is 6.08 Å². The third-order valence-corrected chi connectivity index (χ3v) is 2.22. The molecule has 0 heterocycles. The third-order valence-electron chi connectivity index (χ3n) is 2.22. The SMILES string of the molecule is CCOC(=O)/C(C#N)=C/c1cc(O)c(O)c(OC)c1. The van der Waals surface area contributed by atoms with Crippen LogP contribution >= 0.6 is 0 Å². The summed E-state index contributed by atoms with van der Waals surface area (Å²) in [6.07, 6.45) is 1.24. The van der Waals surface area contributed by atoms with Crippen LogP contribution in [-0.4, -0.2) is 29.9 Å². The average molecular weight is 263 g/mol. The zero-order valence-electron chi connectivity index (χ0n) is 10.5. The van der Waals surface area contributed by atoms with E-state index in [0.29, 0.717) is 5.56 Å². The minimum absolute atomic E-state index is 0.0346. The van der Waals surface area contributed by atoms with Crippen molar-refractivity contribution in [2.45, 2.75) is 6.92 Å². The van der Waals surface area contributed by atoms with Crippen molar-refractivity contribution >= 4 is 12.0 Å². The molecule has 0 aliphatic carbocycles. The third kappa shape index (κ3) is 3.39. The Balaban J connectivity index is 3.20. The fraction of sp³-hybridized carbons (Fsp3) is 0.231. The summed E-state index contributed by atoms with van der Waals surface area (Å²) in [6, 6.07) is 4.29. The number of carbonyl (C=O) groups is 1. The van der Waals surface area contributed by atoms with Crippen LogP contribution in [0.3, 0.4) is 0 Å². The van der Waals surface area contributed by atoms with Crippen LogP contribution in [0.4, 0.5) is 0 Å². The van der Waals surface area contributed by atoms with Gasteiger partial charge in [-0.2, -0.15) is 5.26 Å². The molecule has 0 aliphatic heterocycles. The molecule has 100 valence electrons. The van der Waals surface area contributed by atoms with Gasteiger partial charge in [-0.05, 0) is 30.7 Å². The van der Waals surface area contributed by atoms with Crippen molar-refractivity contribution in [3.63, 3.8) is 0 Å². The summed E-state index contributed by atoms with van der Waals surface area (Å²) in [4.78, 5) is 11.4. The summed E-state index contributed by atoms with van der Waals surface area (Å²) < 4.78 is 9.56. The first-order valence-electron chi connectivity index (χ1n) is 5.42. The van der Waals surface area contributed by atoms with E-state index in [1.165, 1.54) is 25.3 Å². The summed E-state index contributed by atoms with van der Waals surface area (Å²) in [5.41, 5.74) is 0.116. The number of benzene rings is 1. The molecule has 0 aromatic heterocycles. The minimum atomic E-state index is -0.753. The fourth-order valence-electron chi connectivity index (χ4n) is 1.37. The lowest BCUT2D eigenvalue weighted by molar-refractivity contribution is -0.137. The molecule has 1 aromatic carbocycles. The van der Waals surface area contributed by atoms with Crippen molar-refractivity contribution in [3.05, 3.63) is 23.3 Å². The standard InChI is InChI=1S/C13H13NO5/c1-3-19-13(17)9(7-14)4-8-5-10(15)12(16)11(6-8)18-2/h4-6,15-16H,3H2,1-2H3/b9-4+. The lowest BCUT2D eigenvalue weighted by atomic mass is 10.1. The molecule has 6 heteroatoms. The lowest BCUT2D eigenvalue weighted by Gasteiger charge is -2.06. The maximum Gasteiger partial charge on any atom is 0.348 e. The van der Waals surface area contributed by atoms with Crippen molar-refractivity contribution in [1.29, 1.82) is 5.26 Å². The van der Waals surface area contributed by atoms with E-state index in [0.717, 1.165) is 0 Å². The summed E-state index contributed by atoms with van der Waals surface area (Å²) in [5.74, 6) is -1.54. The van der Waals surface area contributed by atoms with Gasteiger partial charge >= 0.3 is 5.97 Å². The first-order valence-corrected chi connectivity index (χ1v) is 5.42. The van der Waals surface area contributed by atoms with Gasteiger partial charge in [-0.1, -0.05) is 0 Å². The van der Waals surface area contributed by atoms with E-state index in [2.05, 4.69) is 0 Å². The van der Waals surface area contributed by atoms with E-state index in [1.807, 2.05) is 0 Å². The molecule has 0 bridgehead atoms. The molecule has 0 fully saturated rings. The van der Waals surface area contributed by atoms with Crippen LogP contribution in [0.15, 0.2) is 17.7 Å². The Hall–Kier alpha value is -2.68. The van der Waals surface area contributed by atoms with Gasteiger partial charge in [-0.25, -0.2) is 4.79 Å². The highest BCUT2D eigenvalue weighted by Crippen LogP contribution is 2.36. The van der Waals surface area contributed by atoms with Gasteiger partial charge in [0.2, 0.25) is 5.75 Å². The normalized spacial score (nSPS) is 10.7. The Morgan fingerprint density at radius 1 is 1.47 bits per heavy atom. The number of aromatic hydroxyl groups is 2. The van der Waals surface area contributed by atoms with E-state index in [-0.39, 0.29) is 17.9 Å². The van der Waals surface area contributed by atoms with Crippen LogP contribution in [-0.2, 0) is 9.53 Å². The molecule has 1 aromatic rings. The number of phenols is 2. The molecule has 1 rings (SSSR count). The molecule has 0 unspecified atom stereocenters. The van der Waals surface area contributed by atoms with Crippen molar-refractivity contribution < 1.29 is 24.5 Å². The van der Waals surface area contributed by atoms with Crippen LogP contribution < -0.4 is 4.74 Å². The molecule has 0 saturated carbocycles. The van der Waals surface area contributed by atoms with E-state index < -0.39 is 17.5 Å². The molecular weight excluding hydrogens is 250 g/mol. The number of nitrogens with zero attached hydrogens (tertiary/aromatic N) is 1. The molecule has 2 N–H and O–H groups in total. The number of nitriles is 1. The summed E-state index contributed by atoms with van der Waals surface area (Å²) in [5, 5.41) is 27.8. The van der Waals surface area contributed by atoms with Crippen LogP contribution in [0.1, 0.15) is 12.5 Å². The van der Waals surface area contributed by atoms with Gasteiger partial charge < -0.3 is 19.7 Å². The second-order valence-corrected chi connectivity index (χ2v) is 3.48. The Kier molecular flexibility index (Phi) is 4.77. The summed E-state index contributed by atoms with van der Waals surface area (Å²) in [6.45, 7) is 1.78. The molecule has 0 atom stereocenters. The van der Waals surface area contributed by atoms with Crippen LogP contribution in [0.2, 0.25) is 0 Å². The summed E-state index contributed by atoms with van der Waals surface area (Å²) >= 11 is 0. The monoisotopic (exact) mass is 263 g/mol. The Morgan fingerprint density at radius 2 is 2.16 bits per heavy atom. The average Bonchev–Trinajstić information content (AvgIpc) is 2.39. The topological polar surface area (TPSA) is 99.8 Å². The molecular formula is C13H13NO5. The number of carbonyl (C=O) groups excluding carboxylic acids is 1. The highest BCUT2D eigenvalue weighted by Gasteiger charge is 2.13. The van der Waals surface area contributed by atoms with E-state index in [1.54, 1.807) is 13.0 Å². The van der Waals surface area contributed by atoms with Gasteiger partial charge in [0.25, 0.3) is 0 Å². The minimum Gasteiger partial charge on any atom is -0.504 e. The first kappa shape index (κ1) is 14.4. The molecule has 19 heavy (non-hydrogen) atoms. The largest absolute Gasteiger partial charge is 0.504 e. The number of hydrogen-bond donors (Lipinski definition) is 2. The maximum atomic E-state index is 11.4. The van der Waals surface area contributed by atoms with Crippen molar-refractivity contribution in [3.8, 4) is 23.3 Å². The number of methoxy groups -OCH3 is 1. The van der Waals surface area contributed by atoms with Crippen LogP contribution in [0, 0.1) is 11.3 Å². The zero-order chi connectivity index (χ0) is 14.4. The molecule has 0 radical (unpaired) electrons. The quantitative estimate of drug-likeness (QED) is 0.370. The van der Waals surface area contributed by atoms with Crippen molar-refractivity contribution in [1.82, 2.24) is 0 Å². The van der Waals surface area contributed by atoms with Gasteiger partial charge in [0.15, 0.2) is 11.5 Å². The van der Waals surface area contributed by atoms with Gasteiger partial charge in [0.1, 0.15) is 11.6 Å².